The van der Waals surface area contributed by atoms with Crippen LogP contribution in [0.1, 0.15) is 19.3 Å². The van der Waals surface area contributed by atoms with Gasteiger partial charge in [0.05, 0.1) is 5.02 Å². The van der Waals surface area contributed by atoms with E-state index < -0.39 is 5.54 Å². The molecule has 0 spiro atoms. The Kier molecular flexibility index (Phi) is 4.71. The topological polar surface area (TPSA) is 64.4 Å². The van der Waals surface area contributed by atoms with E-state index in [2.05, 4.69) is 21.2 Å². The lowest BCUT2D eigenvalue weighted by Crippen LogP contribution is -2.50. The Hall–Kier alpha value is -0.780. The van der Waals surface area contributed by atoms with Crippen molar-refractivity contribution < 1.29 is 9.53 Å². The lowest BCUT2D eigenvalue weighted by atomic mass is 9.89. The third-order valence-corrected chi connectivity index (χ3v) is 4.55. The number of halogens is 2. The molecule has 1 unspecified atom stereocenters. The summed E-state index contributed by atoms with van der Waals surface area (Å²) in [6, 6.07) is 5.46. The number of primary amides is 1. The van der Waals surface area contributed by atoms with Crippen LogP contribution >= 0.6 is 27.5 Å². The van der Waals surface area contributed by atoms with Crippen molar-refractivity contribution in [1.29, 1.82) is 0 Å². The molecule has 0 radical (unpaired) electrons. The molecule has 1 heterocycles. The second-order valence-electron chi connectivity index (χ2n) is 4.67. The molecule has 0 saturated carbocycles. The monoisotopic (exact) mass is 346 g/mol. The third-order valence-electron chi connectivity index (χ3n) is 3.34. The van der Waals surface area contributed by atoms with Gasteiger partial charge in [0.15, 0.2) is 0 Å². The first-order chi connectivity index (χ1) is 9.03. The molecule has 0 bridgehead atoms. The zero-order valence-electron chi connectivity index (χ0n) is 10.4. The molecule has 1 aromatic carbocycles. The van der Waals surface area contributed by atoms with E-state index in [-0.39, 0.29) is 5.91 Å². The van der Waals surface area contributed by atoms with E-state index in [9.17, 15) is 4.79 Å². The second-order valence-corrected chi connectivity index (χ2v) is 5.93. The fourth-order valence-electron chi connectivity index (χ4n) is 2.23. The smallest absolute Gasteiger partial charge is 0.243 e. The number of hydrogen-bond donors (Lipinski definition) is 2. The second kappa shape index (κ2) is 6.11. The largest absolute Gasteiger partial charge is 0.381 e. The number of ether oxygens (including phenoxy) is 1. The highest BCUT2D eigenvalue weighted by molar-refractivity contribution is 9.10. The van der Waals surface area contributed by atoms with Crippen molar-refractivity contribution in [3.63, 3.8) is 0 Å². The van der Waals surface area contributed by atoms with Crippen LogP contribution < -0.4 is 11.1 Å². The van der Waals surface area contributed by atoms with Crippen LogP contribution in [0.4, 0.5) is 5.69 Å². The van der Waals surface area contributed by atoms with Gasteiger partial charge in [0, 0.05) is 29.8 Å². The van der Waals surface area contributed by atoms with Crippen LogP contribution in [0.5, 0.6) is 0 Å². The van der Waals surface area contributed by atoms with Crippen LogP contribution in [-0.2, 0) is 9.53 Å². The number of carbonyl (C=O) groups is 1. The standard InChI is InChI=1S/C13H16BrClN2O2/c14-10-8-9(2-3-11(10)15)17-13(12(16)18)4-1-6-19-7-5-13/h2-3,8,17H,1,4-7H2,(H2,16,18). The van der Waals surface area contributed by atoms with Crippen molar-refractivity contribution in [3.05, 3.63) is 27.7 Å². The first-order valence-electron chi connectivity index (χ1n) is 6.14. The van der Waals surface area contributed by atoms with Gasteiger partial charge < -0.3 is 15.8 Å². The van der Waals surface area contributed by atoms with Crippen LogP contribution in [0.25, 0.3) is 0 Å². The fourth-order valence-corrected chi connectivity index (χ4v) is 2.73. The average molecular weight is 348 g/mol. The van der Waals surface area contributed by atoms with E-state index in [1.54, 1.807) is 6.07 Å². The molecule has 1 aromatic rings. The molecule has 1 saturated heterocycles. The molecule has 0 aromatic heterocycles. The molecule has 6 heteroatoms. The number of rotatable bonds is 3. The van der Waals surface area contributed by atoms with Gasteiger partial charge in [-0.05, 0) is 47.0 Å². The molecule has 3 N–H and O–H groups in total. The van der Waals surface area contributed by atoms with Gasteiger partial charge in [-0.2, -0.15) is 0 Å². The van der Waals surface area contributed by atoms with Crippen LogP contribution in [0, 0.1) is 0 Å². The van der Waals surface area contributed by atoms with Gasteiger partial charge in [-0.1, -0.05) is 11.6 Å². The van der Waals surface area contributed by atoms with Gasteiger partial charge in [0.2, 0.25) is 5.91 Å². The zero-order valence-corrected chi connectivity index (χ0v) is 12.8. The Labute approximate surface area is 125 Å². The number of benzene rings is 1. The third kappa shape index (κ3) is 3.41. The van der Waals surface area contributed by atoms with Crippen LogP contribution in [-0.4, -0.2) is 24.7 Å². The summed E-state index contributed by atoms with van der Waals surface area (Å²) in [5.41, 5.74) is 5.66. The molecule has 1 amide bonds. The molecule has 1 fully saturated rings. The first-order valence-corrected chi connectivity index (χ1v) is 7.31. The summed E-state index contributed by atoms with van der Waals surface area (Å²) >= 11 is 9.33. The Morgan fingerprint density at radius 2 is 2.21 bits per heavy atom. The predicted molar refractivity (Wildman–Crippen MR) is 79.4 cm³/mol. The maximum absolute atomic E-state index is 11.9. The highest BCUT2D eigenvalue weighted by Crippen LogP contribution is 2.30. The van der Waals surface area contributed by atoms with Crippen molar-refractivity contribution in [2.24, 2.45) is 5.73 Å². The molecule has 1 aliphatic rings. The van der Waals surface area contributed by atoms with Crippen LogP contribution in [0.2, 0.25) is 5.02 Å². The van der Waals surface area contributed by atoms with Gasteiger partial charge in [0.25, 0.3) is 0 Å². The van der Waals surface area contributed by atoms with Crippen LogP contribution in [0.15, 0.2) is 22.7 Å². The number of nitrogens with one attached hydrogen (secondary N) is 1. The minimum absolute atomic E-state index is 0.343. The zero-order chi connectivity index (χ0) is 13.9. The predicted octanol–water partition coefficient (Wildman–Crippen LogP) is 2.94. The lowest BCUT2D eigenvalue weighted by molar-refractivity contribution is -0.122. The van der Waals surface area contributed by atoms with E-state index in [0.29, 0.717) is 31.1 Å². The summed E-state index contributed by atoms with van der Waals surface area (Å²) in [6.45, 7) is 1.20. The normalized spacial score (nSPS) is 23.7. The fraction of sp³-hybridized carbons (Fsp3) is 0.462. The number of carbonyl (C=O) groups excluding carboxylic acids is 1. The quantitative estimate of drug-likeness (QED) is 0.883. The van der Waals surface area contributed by atoms with Gasteiger partial charge in [-0.3, -0.25) is 4.79 Å². The summed E-state index contributed by atoms with van der Waals surface area (Å²) in [6.07, 6.45) is 2.05. The van der Waals surface area contributed by atoms with E-state index >= 15 is 0 Å². The van der Waals surface area contributed by atoms with Gasteiger partial charge >= 0.3 is 0 Å². The Morgan fingerprint density at radius 3 is 2.89 bits per heavy atom. The lowest BCUT2D eigenvalue weighted by Gasteiger charge is -2.31. The van der Waals surface area contributed by atoms with Crippen molar-refractivity contribution in [3.8, 4) is 0 Å². The Balaban J connectivity index is 2.24. The average Bonchev–Trinajstić information content (AvgIpc) is 2.60. The minimum atomic E-state index is -0.746. The summed E-state index contributed by atoms with van der Waals surface area (Å²) < 4.78 is 6.18. The highest BCUT2D eigenvalue weighted by Gasteiger charge is 2.37. The Morgan fingerprint density at radius 1 is 1.42 bits per heavy atom. The maximum Gasteiger partial charge on any atom is 0.243 e. The van der Waals surface area contributed by atoms with Gasteiger partial charge in [-0.15, -0.1) is 0 Å². The first kappa shape index (κ1) is 14.6. The van der Waals surface area contributed by atoms with Crippen LogP contribution in [0.3, 0.4) is 0 Å². The summed E-state index contributed by atoms with van der Waals surface area (Å²) in [4.78, 5) is 11.9. The molecule has 104 valence electrons. The molecule has 1 atom stereocenters. The number of amides is 1. The van der Waals surface area contributed by atoms with Gasteiger partial charge in [0.1, 0.15) is 5.54 Å². The van der Waals surface area contributed by atoms with E-state index in [1.807, 2.05) is 12.1 Å². The molecule has 19 heavy (non-hydrogen) atoms. The molecule has 1 aliphatic heterocycles. The van der Waals surface area contributed by atoms with E-state index in [4.69, 9.17) is 22.1 Å². The molecule has 0 aliphatic carbocycles. The molecular formula is C13H16BrClN2O2. The minimum Gasteiger partial charge on any atom is -0.381 e. The SMILES string of the molecule is NC(=O)C1(Nc2ccc(Cl)c(Br)c2)CCCOCC1. The number of anilines is 1. The van der Waals surface area contributed by atoms with E-state index in [1.165, 1.54) is 0 Å². The summed E-state index contributed by atoms with van der Waals surface area (Å²) in [5.74, 6) is -0.343. The maximum atomic E-state index is 11.9. The summed E-state index contributed by atoms with van der Waals surface area (Å²) in [5, 5.41) is 3.89. The summed E-state index contributed by atoms with van der Waals surface area (Å²) in [7, 11) is 0. The van der Waals surface area contributed by atoms with Crippen molar-refractivity contribution in [2.75, 3.05) is 18.5 Å². The highest BCUT2D eigenvalue weighted by atomic mass is 79.9. The molecule has 2 rings (SSSR count). The molecule has 4 nitrogen and oxygen atoms in total. The van der Waals surface area contributed by atoms with Crippen molar-refractivity contribution >= 4 is 39.1 Å². The number of hydrogen-bond acceptors (Lipinski definition) is 3. The van der Waals surface area contributed by atoms with Gasteiger partial charge in [-0.25, -0.2) is 0 Å². The Bertz CT molecular complexity index is 474. The van der Waals surface area contributed by atoms with Crippen molar-refractivity contribution in [1.82, 2.24) is 0 Å². The van der Waals surface area contributed by atoms with Crippen molar-refractivity contribution in [2.45, 2.75) is 24.8 Å². The number of nitrogens with two attached hydrogens (primary N) is 1. The molecular weight excluding hydrogens is 332 g/mol. The van der Waals surface area contributed by atoms with E-state index in [0.717, 1.165) is 16.6 Å².